The van der Waals surface area contributed by atoms with E-state index in [2.05, 4.69) is 4.18 Å². The molecule has 0 bridgehead atoms. The summed E-state index contributed by atoms with van der Waals surface area (Å²) in [6.45, 7) is 1.91. The number of alkyl halides is 6. The van der Waals surface area contributed by atoms with Crippen molar-refractivity contribution in [1.82, 2.24) is 0 Å². The Morgan fingerprint density at radius 3 is 1.73 bits per heavy atom. The molecular formula is C11H9F6IO6S2. The van der Waals surface area contributed by atoms with Crippen molar-refractivity contribution >= 4 is 20.2 Å². The molecule has 0 aromatic heterocycles. The predicted molar refractivity (Wildman–Crippen MR) is 70.8 cm³/mol. The molecular weight excluding hydrogens is 533 g/mol. The number of halogens is 7. The van der Waals surface area contributed by atoms with E-state index in [9.17, 15) is 34.8 Å². The monoisotopic (exact) mass is 542 g/mol. The van der Waals surface area contributed by atoms with Gasteiger partial charge in [0.05, 0.1) is 0 Å². The normalized spacial score (nSPS) is 13.2. The van der Waals surface area contributed by atoms with Crippen LogP contribution in [0, 0.1) is 10.5 Å². The molecule has 0 N–H and O–H groups in total. The first-order chi connectivity index (χ1) is 11.5. The smallest absolute Gasteiger partial charge is 0.534 e. The molecule has 0 aliphatic rings. The maximum atomic E-state index is 11.9. The number of benzene rings is 1. The standard InChI is InChI=1S/C10H9F3IO3S.CHF3O3S/c1-8-2-4-9(5-3-8)14-6-7-17-18(15,16)10(11,12)13;2-1(3,4)8(5,6)7/h2-7H,1H3;(H,5,6,7)/q+1;/p-1/b7-6+;. The van der Waals surface area contributed by atoms with E-state index in [1.165, 1.54) is 4.08 Å². The van der Waals surface area contributed by atoms with E-state index in [0.29, 0.717) is 6.26 Å². The van der Waals surface area contributed by atoms with E-state index in [1.54, 1.807) is 0 Å². The highest BCUT2D eigenvalue weighted by Gasteiger charge is 2.48. The first-order valence-electron chi connectivity index (χ1n) is 5.84. The molecule has 1 rings (SSSR count). The topological polar surface area (TPSA) is 101 Å². The highest BCUT2D eigenvalue weighted by Crippen LogP contribution is 2.24. The molecule has 0 fully saturated rings. The van der Waals surface area contributed by atoms with Crippen LogP contribution in [0.4, 0.5) is 26.3 Å². The zero-order chi connectivity index (χ0) is 20.8. The van der Waals surface area contributed by atoms with Gasteiger partial charge >= 0.3 is 42.3 Å². The third-order valence-corrected chi connectivity index (χ3v) is 5.59. The summed E-state index contributed by atoms with van der Waals surface area (Å²) < 4.78 is 122. The average Bonchev–Trinajstić information content (AvgIpc) is 2.43. The van der Waals surface area contributed by atoms with E-state index in [0.717, 1.165) is 9.13 Å². The second kappa shape index (κ2) is 9.23. The lowest BCUT2D eigenvalue weighted by Crippen LogP contribution is -3.59. The van der Waals surface area contributed by atoms with Crippen LogP contribution in [0.3, 0.4) is 0 Å². The Bertz CT molecular complexity index is 812. The molecule has 0 radical (unpaired) electrons. The molecule has 15 heteroatoms. The van der Waals surface area contributed by atoms with Crippen molar-refractivity contribution in [3.05, 3.63) is 43.7 Å². The lowest BCUT2D eigenvalue weighted by molar-refractivity contribution is -0.557. The van der Waals surface area contributed by atoms with E-state index in [4.69, 9.17) is 13.0 Å². The van der Waals surface area contributed by atoms with Gasteiger partial charge < -0.3 is 8.74 Å². The Kier molecular flexibility index (Phi) is 8.85. The molecule has 0 amide bonds. The zero-order valence-corrected chi connectivity index (χ0v) is 16.2. The molecule has 0 unspecified atom stereocenters. The van der Waals surface area contributed by atoms with Crippen molar-refractivity contribution in [1.29, 1.82) is 0 Å². The van der Waals surface area contributed by atoms with Gasteiger partial charge in [0.2, 0.25) is 0 Å². The lowest BCUT2D eigenvalue weighted by Gasteiger charge is -2.08. The Morgan fingerprint density at radius 2 is 1.38 bits per heavy atom. The van der Waals surface area contributed by atoms with Crippen LogP contribution in [0.25, 0.3) is 0 Å². The fraction of sp³-hybridized carbons (Fsp3) is 0.273. The highest BCUT2D eigenvalue weighted by atomic mass is 127. The summed E-state index contributed by atoms with van der Waals surface area (Å²) in [5.74, 6) is 0. The molecule has 0 aliphatic carbocycles. The van der Waals surface area contributed by atoms with Gasteiger partial charge in [-0.3, -0.25) is 0 Å². The molecule has 0 saturated heterocycles. The van der Waals surface area contributed by atoms with Crippen LogP contribution in [0.1, 0.15) is 5.56 Å². The second-order valence-electron chi connectivity index (χ2n) is 4.06. The Hall–Kier alpha value is -1.07. The zero-order valence-electron chi connectivity index (χ0n) is 12.4. The maximum absolute atomic E-state index is 11.9. The van der Waals surface area contributed by atoms with Gasteiger partial charge in [-0.1, -0.05) is 17.7 Å². The van der Waals surface area contributed by atoms with E-state index in [1.807, 2.05) is 31.2 Å². The van der Waals surface area contributed by atoms with Gasteiger partial charge in [0.15, 0.2) is 24.0 Å². The molecule has 1 aromatic carbocycles. The van der Waals surface area contributed by atoms with Crippen molar-refractivity contribution in [2.24, 2.45) is 0 Å². The largest absolute Gasteiger partial charge is 0.741 e. The second-order valence-corrected chi connectivity index (χ2v) is 9.59. The van der Waals surface area contributed by atoms with Gasteiger partial charge in [0.25, 0.3) is 0 Å². The van der Waals surface area contributed by atoms with Crippen LogP contribution in [0.15, 0.2) is 34.6 Å². The molecule has 150 valence electrons. The van der Waals surface area contributed by atoms with Gasteiger partial charge in [-0.05, 0) is 19.1 Å². The quantitative estimate of drug-likeness (QED) is 0.129. The third-order valence-electron chi connectivity index (χ3n) is 2.00. The molecule has 0 heterocycles. The van der Waals surface area contributed by atoms with Crippen molar-refractivity contribution in [3.8, 4) is 0 Å². The number of hydrogen-bond donors (Lipinski definition) is 0. The van der Waals surface area contributed by atoms with Crippen molar-refractivity contribution in [2.75, 3.05) is 0 Å². The van der Waals surface area contributed by atoms with Crippen LogP contribution in [0.2, 0.25) is 0 Å². The number of aryl methyl sites for hydroxylation is 1. The predicted octanol–water partition coefficient (Wildman–Crippen LogP) is -0.358. The van der Waals surface area contributed by atoms with Crippen LogP contribution >= 0.6 is 0 Å². The van der Waals surface area contributed by atoms with Crippen molar-refractivity contribution in [2.45, 2.75) is 17.9 Å². The van der Waals surface area contributed by atoms with Crippen molar-refractivity contribution < 1.29 is 73.1 Å². The van der Waals surface area contributed by atoms with Crippen LogP contribution in [-0.4, -0.2) is 32.4 Å². The van der Waals surface area contributed by atoms with Gasteiger partial charge in [-0.15, -0.1) is 0 Å². The average molecular weight is 542 g/mol. The number of rotatable bonds is 4. The molecule has 26 heavy (non-hydrogen) atoms. The summed E-state index contributed by atoms with van der Waals surface area (Å²) in [4.78, 5) is 0. The Labute approximate surface area is 155 Å². The fourth-order valence-corrected chi connectivity index (χ4v) is 2.85. The molecule has 1 aromatic rings. The van der Waals surface area contributed by atoms with Crippen LogP contribution in [-0.2, 0) is 24.4 Å². The third kappa shape index (κ3) is 9.04. The first kappa shape index (κ1) is 24.9. The minimum atomic E-state index is -6.09. The van der Waals surface area contributed by atoms with Crippen LogP contribution < -0.4 is 21.2 Å². The SMILES string of the molecule is Cc1ccc([I+]/C=C/OS(=O)(=O)C(F)(F)F)cc1.O=S(=O)([O-])C(F)(F)F. The molecule has 6 nitrogen and oxygen atoms in total. The van der Waals surface area contributed by atoms with Gasteiger partial charge in [-0.25, -0.2) is 8.42 Å². The Morgan fingerprint density at radius 1 is 0.962 bits per heavy atom. The number of hydrogen-bond acceptors (Lipinski definition) is 6. The molecule has 0 aliphatic heterocycles. The van der Waals surface area contributed by atoms with Crippen LogP contribution in [0.5, 0.6) is 0 Å². The molecule has 0 spiro atoms. The summed E-state index contributed by atoms with van der Waals surface area (Å²) in [7, 11) is -11.6. The summed E-state index contributed by atoms with van der Waals surface area (Å²) in [5.41, 5.74) is -9.96. The van der Waals surface area contributed by atoms with E-state index in [-0.39, 0.29) is 0 Å². The maximum Gasteiger partial charge on any atom is 0.534 e. The summed E-state index contributed by atoms with van der Waals surface area (Å²) >= 11 is -0.715. The molecule has 0 atom stereocenters. The minimum Gasteiger partial charge on any atom is -0.741 e. The fourth-order valence-electron chi connectivity index (χ4n) is 0.853. The van der Waals surface area contributed by atoms with Gasteiger partial charge in [0.1, 0.15) is 0 Å². The van der Waals surface area contributed by atoms with Crippen molar-refractivity contribution in [3.63, 3.8) is 0 Å². The van der Waals surface area contributed by atoms with Gasteiger partial charge in [0, 0.05) is 0 Å². The summed E-state index contributed by atoms with van der Waals surface area (Å²) in [6.07, 6.45) is 0.579. The summed E-state index contributed by atoms with van der Waals surface area (Å²) in [5, 5.41) is 0. The highest BCUT2D eigenvalue weighted by molar-refractivity contribution is 7.87. The van der Waals surface area contributed by atoms with Gasteiger partial charge in [-0.2, -0.15) is 34.8 Å². The minimum absolute atomic E-state index is 0.579. The van der Waals surface area contributed by atoms with E-state index < -0.39 is 52.5 Å². The summed E-state index contributed by atoms with van der Waals surface area (Å²) in [6, 6.07) is 7.42. The first-order valence-corrected chi connectivity index (χ1v) is 11.0. The van der Waals surface area contributed by atoms with E-state index >= 15 is 0 Å². The molecule has 0 saturated carbocycles. The Balaban J connectivity index is 0.000000660. The lowest BCUT2D eigenvalue weighted by atomic mass is 10.2.